The van der Waals surface area contributed by atoms with Crippen molar-refractivity contribution in [3.8, 4) is 0 Å². The highest BCUT2D eigenvalue weighted by Crippen LogP contribution is 2.32. The van der Waals surface area contributed by atoms with Gasteiger partial charge >= 0.3 is 5.97 Å². The van der Waals surface area contributed by atoms with Gasteiger partial charge in [0.1, 0.15) is 0 Å². The summed E-state index contributed by atoms with van der Waals surface area (Å²) in [5.41, 5.74) is -0.507. The Hall–Kier alpha value is -0.570. The lowest BCUT2D eigenvalue weighted by atomic mass is 9.81. The third kappa shape index (κ3) is 3.21. The lowest BCUT2D eigenvalue weighted by Crippen LogP contribution is -2.47. The molecule has 1 atom stereocenters. The van der Waals surface area contributed by atoms with Crippen molar-refractivity contribution >= 4 is 5.97 Å². The first kappa shape index (κ1) is 12.9. The van der Waals surface area contributed by atoms with Gasteiger partial charge in [0.25, 0.3) is 0 Å². The maximum atomic E-state index is 11.3. The van der Waals surface area contributed by atoms with Crippen molar-refractivity contribution in [2.45, 2.75) is 51.9 Å². The van der Waals surface area contributed by atoms with E-state index in [1.807, 2.05) is 6.92 Å². The zero-order chi connectivity index (χ0) is 12.3. The summed E-state index contributed by atoms with van der Waals surface area (Å²) in [6.07, 6.45) is 8.70. The molecule has 1 unspecified atom stereocenters. The van der Waals surface area contributed by atoms with E-state index in [0.717, 1.165) is 38.4 Å². The number of hydrogen-bond donors (Lipinski definition) is 1. The minimum Gasteiger partial charge on any atom is -0.481 e. The number of rotatable bonds is 3. The van der Waals surface area contributed by atoms with Crippen LogP contribution in [0.1, 0.15) is 51.9 Å². The predicted octanol–water partition coefficient (Wildman–Crippen LogP) is 2.75. The zero-order valence-corrected chi connectivity index (χ0v) is 11.0. The van der Waals surface area contributed by atoms with Gasteiger partial charge in [-0.3, -0.25) is 4.79 Å². The van der Waals surface area contributed by atoms with E-state index in [2.05, 4.69) is 4.90 Å². The van der Waals surface area contributed by atoms with Crippen LogP contribution < -0.4 is 0 Å². The molecule has 0 aromatic carbocycles. The standard InChI is InChI=1S/C14H25NO2/c1-14(13(16)17)8-5-9-15(11-14)10-12-6-3-2-4-7-12/h12H,2-11H2,1H3,(H,16,17). The molecule has 1 saturated carbocycles. The van der Waals surface area contributed by atoms with Crippen LogP contribution in [0.3, 0.4) is 0 Å². The van der Waals surface area contributed by atoms with Crippen LogP contribution in [0.5, 0.6) is 0 Å². The molecule has 1 saturated heterocycles. The fraction of sp³-hybridized carbons (Fsp3) is 0.929. The molecule has 0 spiro atoms. The van der Waals surface area contributed by atoms with Crippen LogP contribution in [0, 0.1) is 11.3 Å². The van der Waals surface area contributed by atoms with Gasteiger partial charge in [-0.2, -0.15) is 0 Å². The molecule has 0 aromatic heterocycles. The van der Waals surface area contributed by atoms with Gasteiger partial charge < -0.3 is 10.0 Å². The van der Waals surface area contributed by atoms with Crippen LogP contribution in [0.25, 0.3) is 0 Å². The number of hydrogen-bond acceptors (Lipinski definition) is 2. The highest BCUT2D eigenvalue weighted by molar-refractivity contribution is 5.74. The maximum absolute atomic E-state index is 11.3. The number of piperidine rings is 1. The van der Waals surface area contributed by atoms with Gasteiger partial charge in [-0.15, -0.1) is 0 Å². The minimum absolute atomic E-state index is 0.507. The van der Waals surface area contributed by atoms with E-state index < -0.39 is 11.4 Å². The van der Waals surface area contributed by atoms with E-state index in [1.165, 1.54) is 32.1 Å². The number of carboxylic acid groups (broad SMARTS) is 1. The molecule has 98 valence electrons. The number of aliphatic carboxylic acids is 1. The molecule has 0 bridgehead atoms. The van der Waals surface area contributed by atoms with E-state index in [1.54, 1.807) is 0 Å². The van der Waals surface area contributed by atoms with Crippen LogP contribution in [0.4, 0.5) is 0 Å². The van der Waals surface area contributed by atoms with Crippen molar-refractivity contribution in [3.05, 3.63) is 0 Å². The van der Waals surface area contributed by atoms with E-state index in [-0.39, 0.29) is 0 Å². The summed E-state index contributed by atoms with van der Waals surface area (Å²) in [5, 5.41) is 9.29. The molecule has 0 radical (unpaired) electrons. The summed E-state index contributed by atoms with van der Waals surface area (Å²) in [6, 6.07) is 0. The lowest BCUT2D eigenvalue weighted by molar-refractivity contribution is -0.151. The summed E-state index contributed by atoms with van der Waals surface area (Å²) in [5.74, 6) is 0.200. The first-order valence-corrected chi connectivity index (χ1v) is 7.06. The molecule has 1 N–H and O–H groups in total. The quantitative estimate of drug-likeness (QED) is 0.823. The summed E-state index contributed by atoms with van der Waals surface area (Å²) in [7, 11) is 0. The van der Waals surface area contributed by atoms with Crippen LogP contribution in [0.15, 0.2) is 0 Å². The minimum atomic E-state index is -0.620. The molecule has 0 amide bonds. The van der Waals surface area contributed by atoms with E-state index in [0.29, 0.717) is 0 Å². The van der Waals surface area contributed by atoms with Crippen molar-refractivity contribution in [2.75, 3.05) is 19.6 Å². The van der Waals surface area contributed by atoms with Gasteiger partial charge in [0.15, 0.2) is 0 Å². The molecule has 0 aromatic rings. The van der Waals surface area contributed by atoms with Gasteiger partial charge in [0.2, 0.25) is 0 Å². The number of carbonyl (C=O) groups is 1. The molecular weight excluding hydrogens is 214 g/mol. The predicted molar refractivity (Wildman–Crippen MR) is 68.0 cm³/mol. The maximum Gasteiger partial charge on any atom is 0.310 e. The van der Waals surface area contributed by atoms with Crippen LogP contribution in [0.2, 0.25) is 0 Å². The van der Waals surface area contributed by atoms with Crippen molar-refractivity contribution in [2.24, 2.45) is 11.3 Å². The molecule has 2 fully saturated rings. The second kappa shape index (κ2) is 5.38. The van der Waals surface area contributed by atoms with Crippen LogP contribution in [-0.4, -0.2) is 35.6 Å². The Balaban J connectivity index is 1.86. The average Bonchev–Trinajstić information content (AvgIpc) is 2.30. The fourth-order valence-electron chi connectivity index (χ4n) is 3.41. The highest BCUT2D eigenvalue weighted by atomic mass is 16.4. The molecule has 2 aliphatic rings. The van der Waals surface area contributed by atoms with Crippen molar-refractivity contribution in [3.63, 3.8) is 0 Å². The Morgan fingerprint density at radius 2 is 2.00 bits per heavy atom. The summed E-state index contributed by atoms with van der Waals surface area (Å²) in [4.78, 5) is 13.7. The summed E-state index contributed by atoms with van der Waals surface area (Å²) in [6.45, 7) is 4.88. The summed E-state index contributed by atoms with van der Waals surface area (Å²) < 4.78 is 0. The average molecular weight is 239 g/mol. The SMILES string of the molecule is CC1(C(=O)O)CCCN(CC2CCCCC2)C1. The lowest BCUT2D eigenvalue weighted by Gasteiger charge is -2.39. The number of carboxylic acids is 1. The van der Waals surface area contributed by atoms with Crippen LogP contribution >= 0.6 is 0 Å². The molecule has 1 heterocycles. The second-order valence-corrected chi connectivity index (χ2v) is 6.21. The molecule has 17 heavy (non-hydrogen) atoms. The first-order valence-electron chi connectivity index (χ1n) is 7.06. The largest absolute Gasteiger partial charge is 0.481 e. The molecule has 3 nitrogen and oxygen atoms in total. The van der Waals surface area contributed by atoms with Gasteiger partial charge in [-0.05, 0) is 45.1 Å². The fourth-order valence-corrected chi connectivity index (χ4v) is 3.41. The van der Waals surface area contributed by atoms with E-state index in [4.69, 9.17) is 0 Å². The van der Waals surface area contributed by atoms with Crippen molar-refractivity contribution in [1.29, 1.82) is 0 Å². The van der Waals surface area contributed by atoms with Crippen molar-refractivity contribution in [1.82, 2.24) is 4.90 Å². The molecule has 1 aliphatic carbocycles. The third-order valence-corrected chi connectivity index (χ3v) is 4.53. The Morgan fingerprint density at radius 3 is 2.65 bits per heavy atom. The monoisotopic (exact) mass is 239 g/mol. The Bertz CT molecular complexity index is 273. The molecule has 3 heteroatoms. The van der Waals surface area contributed by atoms with Gasteiger partial charge in [-0.1, -0.05) is 19.3 Å². The van der Waals surface area contributed by atoms with Crippen LogP contribution in [-0.2, 0) is 4.79 Å². The molecule has 2 rings (SSSR count). The second-order valence-electron chi connectivity index (χ2n) is 6.21. The topological polar surface area (TPSA) is 40.5 Å². The smallest absolute Gasteiger partial charge is 0.310 e. The Kier molecular flexibility index (Phi) is 4.08. The molecular formula is C14H25NO2. The Labute approximate surface area is 104 Å². The van der Waals surface area contributed by atoms with Gasteiger partial charge in [0, 0.05) is 13.1 Å². The third-order valence-electron chi connectivity index (χ3n) is 4.53. The first-order chi connectivity index (χ1) is 8.10. The van der Waals surface area contributed by atoms with E-state index in [9.17, 15) is 9.90 Å². The van der Waals surface area contributed by atoms with Gasteiger partial charge in [-0.25, -0.2) is 0 Å². The normalized spacial score (nSPS) is 32.5. The Morgan fingerprint density at radius 1 is 1.29 bits per heavy atom. The van der Waals surface area contributed by atoms with Crippen molar-refractivity contribution < 1.29 is 9.90 Å². The highest BCUT2D eigenvalue weighted by Gasteiger charge is 2.38. The number of nitrogens with zero attached hydrogens (tertiary/aromatic N) is 1. The zero-order valence-electron chi connectivity index (χ0n) is 11.0. The van der Waals surface area contributed by atoms with E-state index >= 15 is 0 Å². The number of likely N-dealkylation sites (tertiary alicyclic amines) is 1. The molecule has 1 aliphatic heterocycles. The summed E-state index contributed by atoms with van der Waals surface area (Å²) >= 11 is 0. The van der Waals surface area contributed by atoms with Gasteiger partial charge in [0.05, 0.1) is 5.41 Å².